The van der Waals surface area contributed by atoms with E-state index in [0.717, 1.165) is 49.3 Å². The smallest absolute Gasteiger partial charge is 0.251 e. The first-order chi connectivity index (χ1) is 19.8. The van der Waals surface area contributed by atoms with E-state index in [1.165, 1.54) is 30.4 Å². The number of carbonyl (C=O) groups excluding carboxylic acids is 2. The van der Waals surface area contributed by atoms with Gasteiger partial charge in [-0.25, -0.2) is 4.21 Å². The first-order valence-corrected chi connectivity index (χ1v) is 16.9. The van der Waals surface area contributed by atoms with Crippen molar-refractivity contribution in [2.75, 3.05) is 24.2 Å². The molecule has 0 saturated heterocycles. The molecule has 4 unspecified atom stereocenters. The molecule has 41 heavy (non-hydrogen) atoms. The predicted molar refractivity (Wildman–Crippen MR) is 166 cm³/mol. The van der Waals surface area contributed by atoms with E-state index >= 15 is 0 Å². The Morgan fingerprint density at radius 3 is 2.56 bits per heavy atom. The van der Waals surface area contributed by atoms with Crippen LogP contribution in [-0.2, 0) is 35.0 Å². The number of nitrogens with one attached hydrogen (secondary N) is 3. The second-order valence-corrected chi connectivity index (χ2v) is 13.8. The van der Waals surface area contributed by atoms with Gasteiger partial charge in [-0.15, -0.1) is 0 Å². The van der Waals surface area contributed by atoms with Crippen LogP contribution < -0.4 is 20.3 Å². The topological polar surface area (TPSA) is 90.5 Å². The maximum Gasteiger partial charge on any atom is 0.251 e. The maximum absolute atomic E-state index is 13.7. The first-order valence-electron chi connectivity index (χ1n) is 15.4. The monoisotopic (exact) mass is 578 g/mol. The van der Waals surface area contributed by atoms with Gasteiger partial charge in [0.25, 0.3) is 5.91 Å². The van der Waals surface area contributed by atoms with E-state index in [4.69, 9.17) is 0 Å². The minimum atomic E-state index is -1.19. The van der Waals surface area contributed by atoms with Crippen molar-refractivity contribution in [3.63, 3.8) is 0 Å². The Hall–Kier alpha value is -2.71. The van der Waals surface area contributed by atoms with Crippen molar-refractivity contribution in [2.24, 2.45) is 11.8 Å². The average molecular weight is 579 g/mol. The number of benzene rings is 2. The largest absolute Gasteiger partial charge is 0.352 e. The summed E-state index contributed by atoms with van der Waals surface area (Å²) in [5, 5.41) is 10.1. The van der Waals surface area contributed by atoms with Gasteiger partial charge in [-0.3, -0.25) is 13.9 Å². The van der Waals surface area contributed by atoms with E-state index in [2.05, 4.69) is 40.2 Å². The highest BCUT2D eigenvalue weighted by Crippen LogP contribution is 2.44. The molecule has 2 aromatic rings. The van der Waals surface area contributed by atoms with Crippen molar-refractivity contribution in [1.82, 2.24) is 16.0 Å². The van der Waals surface area contributed by atoms with E-state index in [-0.39, 0.29) is 23.9 Å². The lowest BCUT2D eigenvalue weighted by Crippen LogP contribution is -2.52. The molecule has 2 saturated carbocycles. The standard InChI is InChI=1S/C33H46N4O3S/c1-4-30(33(39)36-31-19-25-12-13-26(31)15-25)34-21-28-17-23-11-7-10-22(14-23)8-5-6-9-24-16-27(32(38)35-28)20-29(18-24)37(2)41(3)40/h7,10-11,14,16,18,20,25-26,28,30-31,34H,4-6,8-9,12-13,15,17,19,21H2,1-3H3,(H,35,38)(H,36,39)/t25?,26?,28-,30-,31?,41?/m0/s1. The molecule has 2 aliphatic carbocycles. The summed E-state index contributed by atoms with van der Waals surface area (Å²) in [6.45, 7) is 2.53. The molecule has 0 aromatic heterocycles. The summed E-state index contributed by atoms with van der Waals surface area (Å²) in [5.74, 6) is 1.35. The average Bonchev–Trinajstić information content (AvgIpc) is 3.58. The Balaban J connectivity index is 1.33. The van der Waals surface area contributed by atoms with Crippen LogP contribution in [0.3, 0.4) is 0 Å². The Labute approximate surface area is 247 Å². The number of amides is 2. The Morgan fingerprint density at radius 2 is 1.85 bits per heavy atom. The molecule has 2 fully saturated rings. The number of rotatable bonds is 8. The van der Waals surface area contributed by atoms with E-state index in [1.807, 2.05) is 25.1 Å². The van der Waals surface area contributed by atoms with Gasteiger partial charge in [0.2, 0.25) is 5.91 Å². The van der Waals surface area contributed by atoms with Crippen LogP contribution in [0.4, 0.5) is 5.69 Å². The molecule has 6 atom stereocenters. The number of anilines is 1. The molecular formula is C33H46N4O3S. The Kier molecular flexibility index (Phi) is 9.81. The maximum atomic E-state index is 13.7. The van der Waals surface area contributed by atoms with E-state index in [9.17, 15) is 13.8 Å². The highest BCUT2D eigenvalue weighted by atomic mass is 32.2. The summed E-state index contributed by atoms with van der Waals surface area (Å²) in [4.78, 5) is 26.9. The van der Waals surface area contributed by atoms with Crippen LogP contribution in [0.25, 0.3) is 0 Å². The first kappa shape index (κ1) is 29.8. The van der Waals surface area contributed by atoms with Gasteiger partial charge in [-0.2, -0.15) is 0 Å². The van der Waals surface area contributed by atoms with Crippen molar-refractivity contribution in [2.45, 2.75) is 89.3 Å². The van der Waals surface area contributed by atoms with Crippen molar-refractivity contribution >= 4 is 28.5 Å². The van der Waals surface area contributed by atoms with Crippen LogP contribution >= 0.6 is 0 Å². The van der Waals surface area contributed by atoms with Crippen LogP contribution in [0.2, 0.25) is 0 Å². The van der Waals surface area contributed by atoms with E-state index in [1.54, 1.807) is 17.6 Å². The number of fused-ring (bicyclic) bond motifs is 6. The van der Waals surface area contributed by atoms with Gasteiger partial charge in [0, 0.05) is 43.2 Å². The molecule has 0 radical (unpaired) electrons. The van der Waals surface area contributed by atoms with Crippen molar-refractivity contribution in [1.29, 1.82) is 0 Å². The quantitative estimate of drug-likeness (QED) is 0.436. The molecule has 3 N–H and O–H groups in total. The van der Waals surface area contributed by atoms with Gasteiger partial charge in [0.05, 0.1) is 6.04 Å². The number of hydrogen-bond donors (Lipinski definition) is 3. The third-order valence-electron chi connectivity index (χ3n) is 9.38. The number of hydrogen-bond acceptors (Lipinski definition) is 4. The fourth-order valence-corrected chi connectivity index (χ4v) is 7.39. The second-order valence-electron chi connectivity index (χ2n) is 12.4. The summed E-state index contributed by atoms with van der Waals surface area (Å²) in [7, 11) is 0.601. The van der Waals surface area contributed by atoms with Crippen LogP contribution in [0, 0.1) is 11.8 Å². The van der Waals surface area contributed by atoms with Crippen molar-refractivity contribution < 1.29 is 13.8 Å². The molecule has 6 bridgehead atoms. The van der Waals surface area contributed by atoms with Gasteiger partial charge in [-0.1, -0.05) is 37.6 Å². The third kappa shape index (κ3) is 7.58. The number of nitrogens with zero attached hydrogens (tertiary/aromatic N) is 1. The van der Waals surface area contributed by atoms with Crippen LogP contribution in [0.5, 0.6) is 0 Å². The molecule has 2 amide bonds. The summed E-state index contributed by atoms with van der Waals surface area (Å²) in [6.07, 6.45) is 11.9. The zero-order valence-electron chi connectivity index (χ0n) is 24.8. The molecule has 8 heteroatoms. The summed E-state index contributed by atoms with van der Waals surface area (Å²) < 4.78 is 13.9. The predicted octanol–water partition coefficient (Wildman–Crippen LogP) is 4.31. The molecule has 0 spiro atoms. The molecule has 2 aromatic carbocycles. The lowest BCUT2D eigenvalue weighted by atomic mass is 9.95. The van der Waals surface area contributed by atoms with Crippen LogP contribution in [-0.4, -0.2) is 54.0 Å². The summed E-state index contributed by atoms with van der Waals surface area (Å²) in [6, 6.07) is 14.3. The summed E-state index contributed by atoms with van der Waals surface area (Å²) in [5.41, 5.74) is 4.93. The minimum Gasteiger partial charge on any atom is -0.352 e. The highest BCUT2D eigenvalue weighted by molar-refractivity contribution is 7.85. The van der Waals surface area contributed by atoms with E-state index < -0.39 is 11.0 Å². The molecule has 3 aliphatic rings. The molecule has 1 heterocycles. The number of carbonyl (C=O) groups is 2. The molecule has 1 aliphatic heterocycles. The normalized spacial score (nSPS) is 25.6. The zero-order chi connectivity index (χ0) is 28.9. The zero-order valence-corrected chi connectivity index (χ0v) is 25.6. The van der Waals surface area contributed by atoms with Crippen molar-refractivity contribution in [3.8, 4) is 0 Å². The SMILES string of the molecule is CC[C@H](NC[C@@H]1Cc2cccc(c2)CCCCc2cc(cc(N(C)S(C)=O)c2)C(=O)N1)C(=O)NC1CC2CCC1C2. The van der Waals surface area contributed by atoms with Crippen molar-refractivity contribution in [3.05, 3.63) is 64.7 Å². The van der Waals surface area contributed by atoms with Gasteiger partial charge < -0.3 is 16.0 Å². The lowest BCUT2D eigenvalue weighted by molar-refractivity contribution is -0.124. The molecule has 5 rings (SSSR count). The summed E-state index contributed by atoms with van der Waals surface area (Å²) >= 11 is 0. The Morgan fingerprint density at radius 1 is 1.07 bits per heavy atom. The fourth-order valence-electron chi connectivity index (χ4n) is 6.99. The fraction of sp³-hybridized carbons (Fsp3) is 0.576. The van der Waals surface area contributed by atoms with Gasteiger partial charge >= 0.3 is 0 Å². The lowest BCUT2D eigenvalue weighted by Gasteiger charge is -2.27. The molecular weight excluding hydrogens is 532 g/mol. The van der Waals surface area contributed by atoms with E-state index in [0.29, 0.717) is 36.9 Å². The molecule has 222 valence electrons. The van der Waals surface area contributed by atoms with Gasteiger partial charge in [0.1, 0.15) is 11.0 Å². The minimum absolute atomic E-state index is 0.0761. The molecule has 7 nitrogen and oxygen atoms in total. The second kappa shape index (κ2) is 13.5. The van der Waals surface area contributed by atoms with Crippen LogP contribution in [0.1, 0.15) is 78.9 Å². The van der Waals surface area contributed by atoms with Gasteiger partial charge in [-0.05, 0) is 105 Å². The number of aryl methyl sites for hydroxylation is 2. The van der Waals surface area contributed by atoms with Gasteiger partial charge in [0.15, 0.2) is 0 Å². The Bertz CT molecular complexity index is 1270. The highest BCUT2D eigenvalue weighted by Gasteiger charge is 2.40. The third-order valence-corrected chi connectivity index (χ3v) is 10.4. The van der Waals surface area contributed by atoms with Crippen LogP contribution in [0.15, 0.2) is 42.5 Å².